The third kappa shape index (κ3) is 4.91. The second kappa shape index (κ2) is 10.4. The molecule has 2 amide bonds. The quantitative estimate of drug-likeness (QED) is 0.338. The van der Waals surface area contributed by atoms with Crippen molar-refractivity contribution in [3.8, 4) is 17.0 Å². The molecule has 3 N–H and O–H groups in total. The average molecular weight is 546 g/mol. The first kappa shape index (κ1) is 24.9. The molecule has 4 aromatic rings. The summed E-state index contributed by atoms with van der Waals surface area (Å²) < 4.78 is 14.2. The van der Waals surface area contributed by atoms with Gasteiger partial charge < -0.3 is 20.2 Å². The molecule has 6 rings (SSSR count). The summed E-state index contributed by atoms with van der Waals surface area (Å²) in [7, 11) is 0. The van der Waals surface area contributed by atoms with Crippen molar-refractivity contribution in [3.05, 3.63) is 82.6 Å². The predicted octanol–water partition coefficient (Wildman–Crippen LogP) is 3.19. The van der Waals surface area contributed by atoms with E-state index in [0.717, 1.165) is 44.1 Å². The van der Waals surface area contributed by atoms with Crippen LogP contribution in [0.4, 0.5) is 15.3 Å². The maximum Gasteiger partial charge on any atom is 0.255 e. The number of benzene rings is 2. The number of anilines is 2. The monoisotopic (exact) mass is 545 g/mol. The molecule has 2 aromatic carbocycles. The molecule has 1 saturated heterocycles. The molecule has 198 valence electrons. The molecule has 10 nitrogen and oxygen atoms in total. The molecule has 0 saturated carbocycles. The van der Waals surface area contributed by atoms with E-state index in [0.29, 0.717) is 27.5 Å². The molecule has 4 heterocycles. The molecule has 1 atom stereocenters. The summed E-state index contributed by atoms with van der Waals surface area (Å²) in [6, 6.07) is 11.2. The average Bonchev–Trinajstić information content (AvgIpc) is 3.59. The van der Waals surface area contributed by atoms with Crippen LogP contribution in [0.15, 0.2) is 60.1 Å². The number of phenols is 1. The van der Waals surface area contributed by atoms with E-state index < -0.39 is 23.7 Å². The van der Waals surface area contributed by atoms with Crippen molar-refractivity contribution in [2.24, 2.45) is 0 Å². The van der Waals surface area contributed by atoms with E-state index in [1.807, 2.05) is 24.3 Å². The Morgan fingerprint density at radius 2 is 1.95 bits per heavy atom. The van der Waals surface area contributed by atoms with E-state index in [1.165, 1.54) is 28.5 Å². The van der Waals surface area contributed by atoms with Crippen LogP contribution in [-0.4, -0.2) is 63.2 Å². The van der Waals surface area contributed by atoms with Crippen LogP contribution in [0.3, 0.4) is 0 Å². The fourth-order valence-corrected chi connectivity index (χ4v) is 5.42. The van der Waals surface area contributed by atoms with Gasteiger partial charge in [0.1, 0.15) is 17.6 Å². The molecule has 0 bridgehead atoms. The maximum atomic E-state index is 14.2. The number of hydrogen-bond acceptors (Lipinski definition) is 9. The number of aromatic hydroxyl groups is 1. The predicted molar refractivity (Wildman–Crippen MR) is 144 cm³/mol. The third-order valence-electron chi connectivity index (χ3n) is 6.84. The Bertz CT molecular complexity index is 1530. The molecule has 0 aliphatic carbocycles. The number of aromatic nitrogens is 3. The number of piperazine rings is 1. The highest BCUT2D eigenvalue weighted by Crippen LogP contribution is 2.37. The van der Waals surface area contributed by atoms with Gasteiger partial charge in [-0.3, -0.25) is 14.9 Å². The smallest absolute Gasteiger partial charge is 0.255 e. The van der Waals surface area contributed by atoms with Crippen molar-refractivity contribution in [2.75, 3.05) is 36.4 Å². The number of halogens is 1. The fourth-order valence-electron chi connectivity index (χ4n) is 4.89. The van der Waals surface area contributed by atoms with Crippen LogP contribution >= 0.6 is 11.3 Å². The van der Waals surface area contributed by atoms with Crippen molar-refractivity contribution in [1.82, 2.24) is 25.4 Å². The highest BCUT2D eigenvalue weighted by Gasteiger charge is 2.39. The Balaban J connectivity index is 1.30. The Labute approximate surface area is 227 Å². The zero-order valence-corrected chi connectivity index (χ0v) is 21.5. The minimum Gasteiger partial charge on any atom is -0.508 e. The molecule has 0 radical (unpaired) electrons. The van der Waals surface area contributed by atoms with E-state index in [2.05, 4.69) is 30.7 Å². The lowest BCUT2D eigenvalue weighted by Gasteiger charge is -2.27. The first-order chi connectivity index (χ1) is 19.0. The van der Waals surface area contributed by atoms with Gasteiger partial charge in [-0.15, -0.1) is 21.5 Å². The van der Waals surface area contributed by atoms with E-state index in [-0.39, 0.29) is 17.9 Å². The third-order valence-corrected chi connectivity index (χ3v) is 7.52. The highest BCUT2D eigenvalue weighted by molar-refractivity contribution is 7.13. The molecule has 1 fully saturated rings. The number of phenolic OH excluding ortho intramolecular Hbond substituents is 1. The van der Waals surface area contributed by atoms with E-state index in [1.54, 1.807) is 11.4 Å². The zero-order chi connectivity index (χ0) is 26.9. The summed E-state index contributed by atoms with van der Waals surface area (Å²) in [5, 5.41) is 27.3. The van der Waals surface area contributed by atoms with Gasteiger partial charge in [0.2, 0.25) is 0 Å². The van der Waals surface area contributed by atoms with Crippen molar-refractivity contribution < 1.29 is 19.1 Å². The van der Waals surface area contributed by atoms with Gasteiger partial charge in [-0.2, -0.15) is 0 Å². The van der Waals surface area contributed by atoms with Gasteiger partial charge >= 0.3 is 0 Å². The van der Waals surface area contributed by atoms with Crippen LogP contribution in [0.5, 0.6) is 5.75 Å². The molecule has 0 spiro atoms. The number of nitrogens with zero attached hydrogens (tertiary/aromatic N) is 5. The Hall–Kier alpha value is -4.42. The van der Waals surface area contributed by atoms with Gasteiger partial charge in [0.25, 0.3) is 11.8 Å². The maximum absolute atomic E-state index is 14.2. The van der Waals surface area contributed by atoms with Crippen molar-refractivity contribution in [3.63, 3.8) is 0 Å². The van der Waals surface area contributed by atoms with E-state index >= 15 is 0 Å². The van der Waals surface area contributed by atoms with Crippen LogP contribution in [0.25, 0.3) is 11.3 Å². The van der Waals surface area contributed by atoms with Crippen LogP contribution in [-0.2, 0) is 11.3 Å². The normalized spacial score (nSPS) is 15.8. The minimum absolute atomic E-state index is 0.0141. The second-order valence-electron chi connectivity index (χ2n) is 9.25. The number of nitrogens with one attached hydrogen (secondary N) is 2. The molecule has 1 unspecified atom stereocenters. The van der Waals surface area contributed by atoms with Crippen molar-refractivity contribution in [2.45, 2.75) is 12.6 Å². The number of hydrogen-bond donors (Lipinski definition) is 3. The lowest BCUT2D eigenvalue weighted by atomic mass is 10.0. The fraction of sp³-hybridized carbons (Fsp3) is 0.222. The Morgan fingerprint density at radius 1 is 1.10 bits per heavy atom. The van der Waals surface area contributed by atoms with Gasteiger partial charge in [-0.05, 0) is 42.0 Å². The van der Waals surface area contributed by atoms with Crippen molar-refractivity contribution in [1.29, 1.82) is 0 Å². The molecule has 2 aliphatic rings. The Kier molecular flexibility index (Phi) is 6.63. The number of fused-ring (bicyclic) bond motifs is 1. The lowest BCUT2D eigenvalue weighted by Crippen LogP contribution is -2.43. The lowest BCUT2D eigenvalue weighted by molar-refractivity contribution is -0.120. The van der Waals surface area contributed by atoms with Gasteiger partial charge in [0.05, 0.1) is 5.69 Å². The highest BCUT2D eigenvalue weighted by atomic mass is 32.1. The van der Waals surface area contributed by atoms with Gasteiger partial charge in [0.15, 0.2) is 10.9 Å². The first-order valence-corrected chi connectivity index (χ1v) is 13.3. The van der Waals surface area contributed by atoms with Gasteiger partial charge in [-0.25, -0.2) is 9.37 Å². The SMILES string of the molecule is O=C(Nc1nccs1)C(c1cc(F)ccc1O)N1Cc2ccc(-c3ccc(N4CCNCC4)nn3)cc2C1=O. The number of thiazole rings is 1. The number of rotatable bonds is 6. The molecule has 39 heavy (non-hydrogen) atoms. The summed E-state index contributed by atoms with van der Waals surface area (Å²) in [6.45, 7) is 3.60. The minimum atomic E-state index is -1.29. The summed E-state index contributed by atoms with van der Waals surface area (Å²) in [5.41, 5.74) is 2.42. The second-order valence-corrected chi connectivity index (χ2v) is 10.1. The number of carbonyl (C=O) groups excluding carboxylic acids is 2. The summed E-state index contributed by atoms with van der Waals surface area (Å²) in [4.78, 5) is 34.6. The first-order valence-electron chi connectivity index (χ1n) is 12.4. The Morgan fingerprint density at radius 3 is 2.69 bits per heavy atom. The standard InChI is InChI=1S/C27H24FN7O3S/c28-18-3-5-22(36)20(14-18)24(25(37)31-27-30-9-12-39-27)35-15-17-2-1-16(13-19(17)26(35)38)21-4-6-23(33-32-21)34-10-7-29-8-11-34/h1-6,9,12-14,24,29,36H,7-8,10-11,15H2,(H,30,31,37). The largest absolute Gasteiger partial charge is 0.508 e. The van der Waals surface area contributed by atoms with Crippen LogP contribution < -0.4 is 15.5 Å². The topological polar surface area (TPSA) is 124 Å². The zero-order valence-electron chi connectivity index (χ0n) is 20.7. The summed E-state index contributed by atoms with van der Waals surface area (Å²) >= 11 is 1.21. The van der Waals surface area contributed by atoms with E-state index in [9.17, 15) is 19.1 Å². The number of amides is 2. The van der Waals surface area contributed by atoms with Crippen molar-refractivity contribution >= 4 is 34.1 Å². The van der Waals surface area contributed by atoms with Crippen LogP contribution in [0, 0.1) is 5.82 Å². The number of carbonyl (C=O) groups is 2. The van der Waals surface area contributed by atoms with Gasteiger partial charge in [-0.1, -0.05) is 12.1 Å². The van der Waals surface area contributed by atoms with Gasteiger partial charge in [0, 0.05) is 61.0 Å². The van der Waals surface area contributed by atoms with E-state index in [4.69, 9.17) is 0 Å². The molecular weight excluding hydrogens is 521 g/mol. The molecular formula is C27H24FN7O3S. The summed E-state index contributed by atoms with van der Waals surface area (Å²) in [5.74, 6) is -1.15. The molecule has 2 aromatic heterocycles. The summed E-state index contributed by atoms with van der Waals surface area (Å²) in [6.07, 6.45) is 1.53. The van der Waals surface area contributed by atoms with Crippen LogP contribution in [0.1, 0.15) is 27.5 Å². The molecule has 12 heteroatoms. The van der Waals surface area contributed by atoms with Crippen LogP contribution in [0.2, 0.25) is 0 Å². The molecule has 2 aliphatic heterocycles.